The first-order chi connectivity index (χ1) is 12.5. The van der Waals surface area contributed by atoms with Gasteiger partial charge in [-0.05, 0) is 36.2 Å². The summed E-state index contributed by atoms with van der Waals surface area (Å²) in [7, 11) is 0. The Bertz CT molecular complexity index is 637. The SMILES string of the molecule is CCCC[C@H](C)N(OC(=O)N(Cc1cccs1)Cc1cccs1)C(=O)O. The van der Waals surface area contributed by atoms with Crippen molar-refractivity contribution in [3.05, 3.63) is 44.8 Å². The highest BCUT2D eigenvalue weighted by atomic mass is 32.1. The highest BCUT2D eigenvalue weighted by Gasteiger charge is 2.27. The lowest BCUT2D eigenvalue weighted by Gasteiger charge is -2.28. The van der Waals surface area contributed by atoms with Gasteiger partial charge in [-0.3, -0.25) is 4.90 Å². The fourth-order valence-corrected chi connectivity index (χ4v) is 3.88. The molecule has 0 bridgehead atoms. The Kier molecular flexibility index (Phi) is 7.93. The van der Waals surface area contributed by atoms with Gasteiger partial charge in [0.1, 0.15) is 0 Å². The lowest BCUT2D eigenvalue weighted by Crippen LogP contribution is -2.43. The highest BCUT2D eigenvalue weighted by Crippen LogP contribution is 2.19. The van der Waals surface area contributed by atoms with E-state index in [1.807, 2.05) is 41.9 Å². The zero-order valence-corrected chi connectivity index (χ0v) is 16.6. The lowest BCUT2D eigenvalue weighted by atomic mass is 10.1. The number of rotatable bonds is 8. The van der Waals surface area contributed by atoms with Crippen molar-refractivity contribution in [3.8, 4) is 0 Å². The number of thiophene rings is 2. The quantitative estimate of drug-likeness (QED) is 0.605. The molecule has 0 spiro atoms. The van der Waals surface area contributed by atoms with E-state index in [0.29, 0.717) is 19.5 Å². The molecule has 8 heteroatoms. The van der Waals surface area contributed by atoms with Crippen LogP contribution in [0.3, 0.4) is 0 Å². The summed E-state index contributed by atoms with van der Waals surface area (Å²) >= 11 is 3.10. The first-order valence-corrected chi connectivity index (χ1v) is 10.3. The van der Waals surface area contributed by atoms with Crippen molar-refractivity contribution in [1.82, 2.24) is 9.96 Å². The molecule has 0 unspecified atom stereocenters. The molecule has 0 saturated heterocycles. The molecule has 2 rings (SSSR count). The minimum Gasteiger partial charge on any atom is -0.463 e. The number of amides is 2. The van der Waals surface area contributed by atoms with E-state index in [4.69, 9.17) is 4.84 Å². The van der Waals surface area contributed by atoms with Gasteiger partial charge in [-0.15, -0.1) is 27.7 Å². The zero-order chi connectivity index (χ0) is 18.9. The largest absolute Gasteiger partial charge is 0.463 e. The molecule has 0 radical (unpaired) electrons. The molecule has 0 saturated carbocycles. The molecule has 0 aliphatic heterocycles. The standard InChI is InChI=1S/C18H24N2O4S2/c1-3-4-7-14(2)20(17(21)22)24-18(23)19(12-15-8-5-10-25-15)13-16-9-6-11-26-16/h5-6,8-11,14H,3-4,7,12-13H2,1-2H3,(H,21,22)/t14-/m0/s1. The molecule has 0 aliphatic carbocycles. The Morgan fingerprint density at radius 2 is 1.73 bits per heavy atom. The summed E-state index contributed by atoms with van der Waals surface area (Å²) in [5.74, 6) is 0. The van der Waals surface area contributed by atoms with Crippen molar-refractivity contribution in [3.63, 3.8) is 0 Å². The monoisotopic (exact) mass is 396 g/mol. The van der Waals surface area contributed by atoms with E-state index in [1.54, 1.807) is 29.6 Å². The Morgan fingerprint density at radius 3 is 2.15 bits per heavy atom. The molecule has 1 atom stereocenters. The minimum atomic E-state index is -1.26. The van der Waals surface area contributed by atoms with Gasteiger partial charge in [0, 0.05) is 9.75 Å². The number of hydrogen-bond acceptors (Lipinski definition) is 5. The Morgan fingerprint density at radius 1 is 1.15 bits per heavy atom. The smallest absolute Gasteiger partial charge is 0.441 e. The van der Waals surface area contributed by atoms with Gasteiger partial charge < -0.3 is 9.94 Å². The number of unbranched alkanes of at least 4 members (excludes halogenated alkanes) is 1. The van der Waals surface area contributed by atoms with Crippen LogP contribution >= 0.6 is 22.7 Å². The van der Waals surface area contributed by atoms with E-state index in [9.17, 15) is 14.7 Å². The van der Waals surface area contributed by atoms with Gasteiger partial charge in [0.15, 0.2) is 0 Å². The highest BCUT2D eigenvalue weighted by molar-refractivity contribution is 7.10. The molecule has 142 valence electrons. The Hall–Kier alpha value is -2.06. The summed E-state index contributed by atoms with van der Waals surface area (Å²) < 4.78 is 0. The van der Waals surface area contributed by atoms with Crippen LogP contribution in [0.25, 0.3) is 0 Å². The van der Waals surface area contributed by atoms with E-state index in [2.05, 4.69) is 0 Å². The third kappa shape index (κ3) is 6.03. The first kappa shape index (κ1) is 20.3. The molecule has 2 amide bonds. The molecule has 2 aromatic heterocycles. The fourth-order valence-electron chi connectivity index (χ4n) is 2.44. The van der Waals surface area contributed by atoms with Gasteiger partial charge in [-0.25, -0.2) is 9.59 Å². The van der Waals surface area contributed by atoms with E-state index < -0.39 is 12.2 Å². The molecule has 0 fully saturated rings. The third-order valence-corrected chi connectivity index (χ3v) is 5.57. The van der Waals surface area contributed by atoms with Gasteiger partial charge in [0.2, 0.25) is 0 Å². The van der Waals surface area contributed by atoms with Crippen molar-refractivity contribution in [2.24, 2.45) is 0 Å². The number of hydroxylamine groups is 2. The van der Waals surface area contributed by atoms with Crippen molar-refractivity contribution < 1.29 is 19.5 Å². The average molecular weight is 397 g/mol. The maximum atomic E-state index is 12.7. The van der Waals surface area contributed by atoms with Crippen molar-refractivity contribution in [1.29, 1.82) is 0 Å². The second-order valence-electron chi connectivity index (χ2n) is 5.97. The summed E-state index contributed by atoms with van der Waals surface area (Å²) in [4.78, 5) is 33.0. The minimum absolute atomic E-state index is 0.380. The summed E-state index contributed by atoms with van der Waals surface area (Å²) in [6.07, 6.45) is 0.559. The summed E-state index contributed by atoms with van der Waals surface area (Å²) in [6.45, 7) is 4.55. The van der Waals surface area contributed by atoms with Gasteiger partial charge in [0.25, 0.3) is 0 Å². The summed E-state index contributed by atoms with van der Waals surface area (Å²) in [5, 5.41) is 14.1. The van der Waals surface area contributed by atoms with Crippen molar-refractivity contribution in [2.75, 3.05) is 0 Å². The van der Waals surface area contributed by atoms with Crippen LogP contribution in [0.1, 0.15) is 42.9 Å². The van der Waals surface area contributed by atoms with E-state index in [0.717, 1.165) is 27.7 Å². The fraction of sp³-hybridized carbons (Fsp3) is 0.444. The van der Waals surface area contributed by atoms with E-state index >= 15 is 0 Å². The van der Waals surface area contributed by atoms with Gasteiger partial charge in [-0.2, -0.15) is 0 Å². The average Bonchev–Trinajstić information content (AvgIpc) is 3.30. The number of nitrogens with zero attached hydrogens (tertiary/aromatic N) is 2. The Labute approximate surface area is 161 Å². The predicted octanol–water partition coefficient (Wildman–Crippen LogP) is 5.42. The predicted molar refractivity (Wildman–Crippen MR) is 103 cm³/mol. The third-order valence-electron chi connectivity index (χ3n) is 3.85. The second-order valence-corrected chi connectivity index (χ2v) is 8.04. The second kappa shape index (κ2) is 10.2. The molecule has 2 aromatic rings. The number of carbonyl (C=O) groups is 2. The normalized spacial score (nSPS) is 11.8. The van der Waals surface area contributed by atoms with E-state index in [-0.39, 0.29) is 6.04 Å². The maximum absolute atomic E-state index is 12.7. The number of hydrogen-bond donors (Lipinski definition) is 1. The molecular formula is C18H24N2O4S2. The van der Waals surface area contributed by atoms with Crippen LogP contribution in [0.4, 0.5) is 9.59 Å². The number of carbonyl (C=O) groups excluding carboxylic acids is 1. The van der Waals surface area contributed by atoms with E-state index in [1.165, 1.54) is 4.90 Å². The molecule has 26 heavy (non-hydrogen) atoms. The van der Waals surface area contributed by atoms with Crippen LogP contribution < -0.4 is 0 Å². The van der Waals surface area contributed by atoms with Crippen LogP contribution in [0.2, 0.25) is 0 Å². The zero-order valence-electron chi connectivity index (χ0n) is 15.0. The van der Waals surface area contributed by atoms with Crippen molar-refractivity contribution in [2.45, 2.75) is 52.2 Å². The summed E-state index contributed by atoms with van der Waals surface area (Å²) in [6, 6.07) is 7.34. The molecule has 0 aliphatic rings. The van der Waals surface area contributed by atoms with Crippen molar-refractivity contribution >= 4 is 34.9 Å². The van der Waals surface area contributed by atoms with Gasteiger partial charge in [-0.1, -0.05) is 31.9 Å². The lowest BCUT2D eigenvalue weighted by molar-refractivity contribution is -0.114. The number of carboxylic acid groups (broad SMARTS) is 1. The molecule has 0 aromatic carbocycles. The van der Waals surface area contributed by atoms with Gasteiger partial charge >= 0.3 is 12.2 Å². The van der Waals surface area contributed by atoms with Crippen LogP contribution in [-0.2, 0) is 17.9 Å². The molecular weight excluding hydrogens is 372 g/mol. The summed E-state index contributed by atoms with van der Waals surface area (Å²) in [5.41, 5.74) is 0. The molecule has 2 heterocycles. The Balaban J connectivity index is 2.08. The molecule has 6 nitrogen and oxygen atoms in total. The van der Waals surface area contributed by atoms with Crippen LogP contribution in [0, 0.1) is 0 Å². The first-order valence-electron chi connectivity index (χ1n) is 8.55. The van der Waals surface area contributed by atoms with Crippen LogP contribution in [0.15, 0.2) is 35.0 Å². The molecule has 1 N–H and O–H groups in total. The maximum Gasteiger partial charge on any atom is 0.441 e. The topological polar surface area (TPSA) is 70.1 Å². The van der Waals surface area contributed by atoms with Crippen LogP contribution in [0.5, 0.6) is 0 Å². The van der Waals surface area contributed by atoms with Gasteiger partial charge in [0.05, 0.1) is 19.1 Å². The van der Waals surface area contributed by atoms with Crippen LogP contribution in [-0.4, -0.2) is 33.3 Å².